The van der Waals surface area contributed by atoms with E-state index >= 15 is 0 Å². The Hall–Kier alpha value is -0.410. The molecule has 1 atom stereocenters. The molecule has 0 aromatic rings. The Kier molecular flexibility index (Phi) is 5.93. The van der Waals surface area contributed by atoms with E-state index in [-0.39, 0.29) is 0 Å². The van der Waals surface area contributed by atoms with Crippen LogP contribution in [0.3, 0.4) is 0 Å². The van der Waals surface area contributed by atoms with Crippen molar-refractivity contribution in [1.82, 2.24) is 4.31 Å². The summed E-state index contributed by atoms with van der Waals surface area (Å²) < 4.78 is 13.2. The van der Waals surface area contributed by atoms with E-state index in [0.29, 0.717) is 0 Å². The maximum atomic E-state index is 11.5. The molecule has 3 heteroatoms. The molecule has 0 spiro atoms. The topological polar surface area (TPSA) is 20.3 Å². The number of hydrogen-bond acceptors (Lipinski definition) is 1. The van der Waals surface area contributed by atoms with Gasteiger partial charge in [-0.1, -0.05) is 19.1 Å². The van der Waals surface area contributed by atoms with Gasteiger partial charge in [0.2, 0.25) is 0 Å². The summed E-state index contributed by atoms with van der Waals surface area (Å²) >= 11 is 0. The van der Waals surface area contributed by atoms with Crippen LogP contribution in [0.4, 0.5) is 0 Å². The molecular formula is C9H17NOS. The molecule has 0 aromatic heterocycles. The SMILES string of the molecule is C/C=C(\C=C/CC)S(=O)N(C)C. The molecule has 0 bridgehead atoms. The van der Waals surface area contributed by atoms with Crippen molar-refractivity contribution in [3.63, 3.8) is 0 Å². The number of rotatable bonds is 4. The van der Waals surface area contributed by atoms with Crippen LogP contribution in [0.25, 0.3) is 0 Å². The second-order valence-corrected chi connectivity index (χ2v) is 4.26. The van der Waals surface area contributed by atoms with Crippen LogP contribution in [0.2, 0.25) is 0 Å². The average Bonchev–Trinajstić information content (AvgIpc) is 2.05. The highest BCUT2D eigenvalue weighted by atomic mass is 32.2. The van der Waals surface area contributed by atoms with Gasteiger partial charge in [0, 0.05) is 4.91 Å². The Morgan fingerprint density at radius 2 is 2.08 bits per heavy atom. The minimum atomic E-state index is -1.00. The largest absolute Gasteiger partial charge is 0.237 e. The molecule has 0 aliphatic rings. The van der Waals surface area contributed by atoms with Gasteiger partial charge in [-0.2, -0.15) is 0 Å². The zero-order chi connectivity index (χ0) is 9.56. The summed E-state index contributed by atoms with van der Waals surface area (Å²) in [5, 5.41) is 0. The highest BCUT2D eigenvalue weighted by molar-refractivity contribution is 7.86. The van der Waals surface area contributed by atoms with Crippen LogP contribution in [0.1, 0.15) is 20.3 Å². The first kappa shape index (κ1) is 11.6. The van der Waals surface area contributed by atoms with Crippen LogP contribution in [0.5, 0.6) is 0 Å². The number of nitrogens with zero attached hydrogens (tertiary/aromatic N) is 1. The third-order valence-corrected chi connectivity index (χ3v) is 2.77. The fraction of sp³-hybridized carbons (Fsp3) is 0.556. The first-order valence-electron chi connectivity index (χ1n) is 4.05. The third kappa shape index (κ3) is 3.83. The average molecular weight is 187 g/mol. The van der Waals surface area contributed by atoms with Gasteiger partial charge in [-0.3, -0.25) is 0 Å². The zero-order valence-corrected chi connectivity index (χ0v) is 9.02. The van der Waals surface area contributed by atoms with Crippen LogP contribution in [0.15, 0.2) is 23.1 Å². The van der Waals surface area contributed by atoms with Crippen LogP contribution in [0, 0.1) is 0 Å². The van der Waals surface area contributed by atoms with Gasteiger partial charge in [0.05, 0.1) is 0 Å². The minimum absolute atomic E-state index is 0.863. The van der Waals surface area contributed by atoms with Crippen molar-refractivity contribution in [1.29, 1.82) is 0 Å². The number of allylic oxidation sites excluding steroid dienone is 3. The molecule has 0 aromatic carbocycles. The Labute approximate surface area is 77.5 Å². The highest BCUT2D eigenvalue weighted by Crippen LogP contribution is 2.06. The Morgan fingerprint density at radius 1 is 1.50 bits per heavy atom. The van der Waals surface area contributed by atoms with E-state index in [4.69, 9.17) is 0 Å². The predicted molar refractivity (Wildman–Crippen MR) is 55.0 cm³/mol. The molecule has 0 fully saturated rings. The lowest BCUT2D eigenvalue weighted by molar-refractivity contribution is 0.609. The van der Waals surface area contributed by atoms with Crippen molar-refractivity contribution in [2.45, 2.75) is 20.3 Å². The second kappa shape index (κ2) is 6.14. The Balaban J connectivity index is 4.38. The maximum Gasteiger partial charge on any atom is 0.126 e. The molecule has 2 nitrogen and oxygen atoms in total. The fourth-order valence-corrected chi connectivity index (χ4v) is 1.54. The zero-order valence-electron chi connectivity index (χ0n) is 8.20. The molecule has 1 unspecified atom stereocenters. The Morgan fingerprint density at radius 3 is 2.42 bits per heavy atom. The fourth-order valence-electron chi connectivity index (χ4n) is 0.700. The van der Waals surface area contributed by atoms with Crippen LogP contribution >= 0.6 is 0 Å². The van der Waals surface area contributed by atoms with Gasteiger partial charge in [0.15, 0.2) is 0 Å². The first-order chi connectivity index (χ1) is 5.63. The second-order valence-electron chi connectivity index (χ2n) is 2.56. The van der Waals surface area contributed by atoms with Gasteiger partial charge in [-0.25, -0.2) is 8.51 Å². The number of hydrogen-bond donors (Lipinski definition) is 0. The van der Waals surface area contributed by atoms with E-state index in [1.807, 2.05) is 25.2 Å². The summed E-state index contributed by atoms with van der Waals surface area (Å²) in [6, 6.07) is 0. The normalized spacial score (nSPS) is 15.9. The molecule has 0 radical (unpaired) electrons. The van der Waals surface area contributed by atoms with E-state index in [0.717, 1.165) is 11.3 Å². The lowest BCUT2D eigenvalue weighted by Gasteiger charge is -2.08. The van der Waals surface area contributed by atoms with Gasteiger partial charge < -0.3 is 0 Å². The monoisotopic (exact) mass is 187 g/mol. The van der Waals surface area contributed by atoms with E-state index in [1.165, 1.54) is 0 Å². The van der Waals surface area contributed by atoms with Gasteiger partial charge in [0.25, 0.3) is 0 Å². The lowest BCUT2D eigenvalue weighted by atomic mass is 10.4. The van der Waals surface area contributed by atoms with Gasteiger partial charge in [-0.05, 0) is 33.5 Å². The van der Waals surface area contributed by atoms with Crippen molar-refractivity contribution >= 4 is 11.0 Å². The van der Waals surface area contributed by atoms with Crippen LogP contribution in [-0.2, 0) is 11.0 Å². The van der Waals surface area contributed by atoms with E-state index in [2.05, 4.69) is 6.92 Å². The third-order valence-electron chi connectivity index (χ3n) is 1.34. The molecule has 0 heterocycles. The molecule has 0 rings (SSSR count). The molecule has 0 aliphatic heterocycles. The first-order valence-corrected chi connectivity index (χ1v) is 5.16. The van der Waals surface area contributed by atoms with Gasteiger partial charge in [0.1, 0.15) is 11.0 Å². The van der Waals surface area contributed by atoms with Gasteiger partial charge >= 0.3 is 0 Å². The van der Waals surface area contributed by atoms with Crippen LogP contribution < -0.4 is 0 Å². The molecule has 0 N–H and O–H groups in total. The van der Waals surface area contributed by atoms with Crippen molar-refractivity contribution in [2.75, 3.05) is 14.1 Å². The maximum absolute atomic E-state index is 11.5. The Bertz CT molecular complexity index is 207. The van der Waals surface area contributed by atoms with E-state index in [9.17, 15) is 4.21 Å². The van der Waals surface area contributed by atoms with E-state index < -0.39 is 11.0 Å². The molecule has 0 saturated carbocycles. The summed E-state index contributed by atoms with van der Waals surface area (Å²) in [5.41, 5.74) is 0. The molecule has 70 valence electrons. The van der Waals surface area contributed by atoms with Crippen molar-refractivity contribution in [3.05, 3.63) is 23.1 Å². The van der Waals surface area contributed by atoms with Crippen molar-refractivity contribution in [2.24, 2.45) is 0 Å². The molecular weight excluding hydrogens is 170 g/mol. The lowest BCUT2D eigenvalue weighted by Crippen LogP contribution is -2.15. The summed E-state index contributed by atoms with van der Waals surface area (Å²) in [6.45, 7) is 3.96. The van der Waals surface area contributed by atoms with Crippen LogP contribution in [-0.4, -0.2) is 22.6 Å². The smallest absolute Gasteiger partial charge is 0.126 e. The summed E-state index contributed by atoms with van der Waals surface area (Å²) in [4.78, 5) is 0.863. The molecule has 0 saturated heterocycles. The quantitative estimate of drug-likeness (QED) is 0.617. The summed E-state index contributed by atoms with van der Waals surface area (Å²) in [7, 11) is 2.61. The highest BCUT2D eigenvalue weighted by Gasteiger charge is 2.04. The molecule has 12 heavy (non-hydrogen) atoms. The minimum Gasteiger partial charge on any atom is -0.237 e. The molecule has 0 amide bonds. The van der Waals surface area contributed by atoms with E-state index in [1.54, 1.807) is 18.4 Å². The summed E-state index contributed by atoms with van der Waals surface area (Å²) in [5.74, 6) is 0. The summed E-state index contributed by atoms with van der Waals surface area (Å²) in [6.07, 6.45) is 6.77. The molecule has 0 aliphatic carbocycles. The standard InChI is InChI=1S/C9H17NOS/c1-5-7-8-9(6-2)12(11)10(3)4/h6-8H,5H2,1-4H3/b8-7-,9-6+. The predicted octanol–water partition coefficient (Wildman–Crippen LogP) is 2.08. The van der Waals surface area contributed by atoms with Crippen molar-refractivity contribution in [3.8, 4) is 0 Å². The van der Waals surface area contributed by atoms with Crippen molar-refractivity contribution < 1.29 is 4.21 Å². The van der Waals surface area contributed by atoms with Gasteiger partial charge in [-0.15, -0.1) is 0 Å².